The van der Waals surface area contributed by atoms with Gasteiger partial charge in [0.25, 0.3) is 0 Å². The molecule has 0 saturated heterocycles. The monoisotopic (exact) mass is 200 g/mol. The van der Waals surface area contributed by atoms with Crippen molar-refractivity contribution in [1.82, 2.24) is 10.6 Å². The largest absolute Gasteiger partial charge is 0.392 e. The SMILES string of the molecule is CC(O)CNCCCC(=O)NC1CC1. The predicted octanol–water partition coefficient (Wildman–Crippen LogP) is 0.0156. The molecule has 0 heterocycles. The lowest BCUT2D eigenvalue weighted by atomic mass is 10.3. The zero-order valence-corrected chi connectivity index (χ0v) is 8.75. The molecular weight excluding hydrogens is 180 g/mol. The second kappa shape index (κ2) is 5.98. The lowest BCUT2D eigenvalue weighted by Crippen LogP contribution is -2.28. The Balaban J connectivity index is 1.84. The van der Waals surface area contributed by atoms with Gasteiger partial charge in [-0.25, -0.2) is 0 Å². The van der Waals surface area contributed by atoms with Crippen molar-refractivity contribution >= 4 is 5.91 Å². The topological polar surface area (TPSA) is 61.4 Å². The molecule has 0 aromatic carbocycles. The Morgan fingerprint density at radius 3 is 2.86 bits per heavy atom. The fourth-order valence-electron chi connectivity index (χ4n) is 1.21. The number of aliphatic hydroxyl groups is 1. The van der Waals surface area contributed by atoms with Crippen molar-refractivity contribution < 1.29 is 9.90 Å². The van der Waals surface area contributed by atoms with E-state index in [4.69, 9.17) is 5.11 Å². The van der Waals surface area contributed by atoms with E-state index >= 15 is 0 Å². The van der Waals surface area contributed by atoms with Crippen molar-refractivity contribution in [2.24, 2.45) is 0 Å². The summed E-state index contributed by atoms with van der Waals surface area (Å²) in [7, 11) is 0. The highest BCUT2D eigenvalue weighted by molar-refractivity contribution is 5.76. The fourth-order valence-corrected chi connectivity index (χ4v) is 1.21. The summed E-state index contributed by atoms with van der Waals surface area (Å²) < 4.78 is 0. The van der Waals surface area contributed by atoms with Crippen LogP contribution in [0.2, 0.25) is 0 Å². The van der Waals surface area contributed by atoms with Crippen molar-refractivity contribution in [1.29, 1.82) is 0 Å². The Morgan fingerprint density at radius 1 is 1.57 bits per heavy atom. The minimum absolute atomic E-state index is 0.159. The number of nitrogens with one attached hydrogen (secondary N) is 2. The molecule has 1 amide bonds. The van der Waals surface area contributed by atoms with E-state index in [-0.39, 0.29) is 12.0 Å². The van der Waals surface area contributed by atoms with E-state index in [0.717, 1.165) is 25.8 Å². The molecule has 0 bridgehead atoms. The Kier molecular flexibility index (Phi) is 4.90. The van der Waals surface area contributed by atoms with Crippen molar-refractivity contribution in [2.45, 2.75) is 44.8 Å². The number of aliphatic hydroxyl groups excluding tert-OH is 1. The summed E-state index contributed by atoms with van der Waals surface area (Å²) in [6.45, 7) is 3.14. The van der Waals surface area contributed by atoms with Crippen LogP contribution in [0.4, 0.5) is 0 Å². The molecule has 14 heavy (non-hydrogen) atoms. The summed E-state index contributed by atoms with van der Waals surface area (Å²) in [5.41, 5.74) is 0. The zero-order valence-electron chi connectivity index (χ0n) is 8.75. The van der Waals surface area contributed by atoms with Crippen LogP contribution in [0.1, 0.15) is 32.6 Å². The maximum atomic E-state index is 11.2. The van der Waals surface area contributed by atoms with Crippen LogP contribution in [0.3, 0.4) is 0 Å². The first-order valence-corrected chi connectivity index (χ1v) is 5.36. The fraction of sp³-hybridized carbons (Fsp3) is 0.900. The van der Waals surface area contributed by atoms with Gasteiger partial charge >= 0.3 is 0 Å². The highest BCUT2D eigenvalue weighted by Gasteiger charge is 2.22. The summed E-state index contributed by atoms with van der Waals surface area (Å²) in [6, 6.07) is 0.466. The maximum Gasteiger partial charge on any atom is 0.220 e. The zero-order chi connectivity index (χ0) is 10.4. The third-order valence-corrected chi connectivity index (χ3v) is 2.14. The van der Waals surface area contributed by atoms with E-state index in [2.05, 4.69) is 10.6 Å². The lowest BCUT2D eigenvalue weighted by Gasteiger charge is -2.06. The summed E-state index contributed by atoms with van der Waals surface area (Å²) in [4.78, 5) is 11.2. The molecule has 1 aliphatic carbocycles. The van der Waals surface area contributed by atoms with Crippen LogP contribution < -0.4 is 10.6 Å². The van der Waals surface area contributed by atoms with Gasteiger partial charge in [0.1, 0.15) is 0 Å². The van der Waals surface area contributed by atoms with Gasteiger partial charge in [-0.1, -0.05) is 0 Å². The van der Waals surface area contributed by atoms with E-state index in [1.807, 2.05) is 0 Å². The molecular formula is C10H20N2O2. The average Bonchev–Trinajstić information content (AvgIpc) is 2.87. The number of amides is 1. The molecule has 82 valence electrons. The van der Waals surface area contributed by atoms with E-state index in [9.17, 15) is 4.79 Å². The number of carbonyl (C=O) groups excluding carboxylic acids is 1. The summed E-state index contributed by atoms with van der Waals surface area (Å²) in [5.74, 6) is 0.159. The van der Waals surface area contributed by atoms with Crippen molar-refractivity contribution in [3.05, 3.63) is 0 Å². The molecule has 0 aromatic heterocycles. The standard InChI is InChI=1S/C10H20N2O2/c1-8(13)7-11-6-2-3-10(14)12-9-4-5-9/h8-9,11,13H,2-7H2,1H3,(H,12,14). The maximum absolute atomic E-state index is 11.2. The number of hydrogen-bond donors (Lipinski definition) is 3. The molecule has 0 aromatic rings. The lowest BCUT2D eigenvalue weighted by molar-refractivity contribution is -0.121. The summed E-state index contributed by atoms with van der Waals surface area (Å²) >= 11 is 0. The van der Waals surface area contributed by atoms with Crippen LogP contribution >= 0.6 is 0 Å². The molecule has 1 saturated carbocycles. The smallest absolute Gasteiger partial charge is 0.220 e. The molecule has 0 aliphatic heterocycles. The summed E-state index contributed by atoms with van der Waals surface area (Å²) in [6.07, 6.45) is 3.40. The normalized spacial score (nSPS) is 17.9. The first kappa shape index (κ1) is 11.5. The van der Waals surface area contributed by atoms with Crippen LogP contribution in [-0.4, -0.2) is 36.2 Å². The highest BCUT2D eigenvalue weighted by Crippen LogP contribution is 2.18. The molecule has 1 rings (SSSR count). The molecule has 1 aliphatic rings. The second-order valence-corrected chi connectivity index (χ2v) is 4.00. The van der Waals surface area contributed by atoms with E-state index < -0.39 is 0 Å². The summed E-state index contributed by atoms with van der Waals surface area (Å²) in [5, 5.41) is 15.0. The minimum Gasteiger partial charge on any atom is -0.392 e. The van der Waals surface area contributed by atoms with Gasteiger partial charge in [-0.3, -0.25) is 4.79 Å². The van der Waals surface area contributed by atoms with Gasteiger partial charge < -0.3 is 15.7 Å². The van der Waals surface area contributed by atoms with Crippen LogP contribution in [0.5, 0.6) is 0 Å². The van der Waals surface area contributed by atoms with E-state index in [1.165, 1.54) is 0 Å². The van der Waals surface area contributed by atoms with E-state index in [1.54, 1.807) is 6.92 Å². The molecule has 1 unspecified atom stereocenters. The molecule has 1 atom stereocenters. The number of rotatable bonds is 7. The third-order valence-electron chi connectivity index (χ3n) is 2.14. The Hall–Kier alpha value is -0.610. The second-order valence-electron chi connectivity index (χ2n) is 4.00. The number of carbonyl (C=O) groups is 1. The van der Waals surface area contributed by atoms with Gasteiger partial charge in [0.15, 0.2) is 0 Å². The van der Waals surface area contributed by atoms with Crippen LogP contribution in [-0.2, 0) is 4.79 Å². The average molecular weight is 200 g/mol. The first-order chi connectivity index (χ1) is 6.68. The minimum atomic E-state index is -0.310. The van der Waals surface area contributed by atoms with Gasteiger partial charge in [-0.2, -0.15) is 0 Å². The van der Waals surface area contributed by atoms with Gasteiger partial charge in [0.2, 0.25) is 5.91 Å². The molecule has 1 fully saturated rings. The Bertz CT molecular complexity index is 179. The predicted molar refractivity (Wildman–Crippen MR) is 54.9 cm³/mol. The van der Waals surface area contributed by atoms with E-state index in [0.29, 0.717) is 19.0 Å². The first-order valence-electron chi connectivity index (χ1n) is 5.36. The molecule has 4 nitrogen and oxygen atoms in total. The van der Waals surface area contributed by atoms with Crippen LogP contribution in [0.15, 0.2) is 0 Å². The molecule has 0 spiro atoms. The van der Waals surface area contributed by atoms with Crippen molar-refractivity contribution in [3.8, 4) is 0 Å². The van der Waals surface area contributed by atoms with Crippen LogP contribution in [0.25, 0.3) is 0 Å². The van der Waals surface area contributed by atoms with Gasteiger partial charge in [0, 0.05) is 19.0 Å². The van der Waals surface area contributed by atoms with Crippen molar-refractivity contribution in [2.75, 3.05) is 13.1 Å². The van der Waals surface area contributed by atoms with Gasteiger partial charge in [-0.05, 0) is 32.7 Å². The Labute approximate surface area is 85.1 Å². The quantitative estimate of drug-likeness (QED) is 0.508. The van der Waals surface area contributed by atoms with Crippen molar-refractivity contribution in [3.63, 3.8) is 0 Å². The van der Waals surface area contributed by atoms with Crippen LogP contribution in [0, 0.1) is 0 Å². The molecule has 0 radical (unpaired) electrons. The highest BCUT2D eigenvalue weighted by atomic mass is 16.3. The third kappa shape index (κ3) is 5.94. The van der Waals surface area contributed by atoms with Gasteiger partial charge in [-0.15, -0.1) is 0 Å². The number of hydrogen-bond acceptors (Lipinski definition) is 3. The van der Waals surface area contributed by atoms with Gasteiger partial charge in [0.05, 0.1) is 6.10 Å². The molecule has 4 heteroatoms. The molecule has 3 N–H and O–H groups in total. The Morgan fingerprint density at radius 2 is 2.29 bits per heavy atom.